The summed E-state index contributed by atoms with van der Waals surface area (Å²) < 4.78 is 27.4. The van der Waals surface area contributed by atoms with Gasteiger partial charge in [0.1, 0.15) is 10.3 Å². The molecule has 0 saturated heterocycles. The van der Waals surface area contributed by atoms with Gasteiger partial charge in [0.25, 0.3) is 10.0 Å². The number of thioether (sulfide) groups is 1. The normalized spacial score (nSPS) is 12.9. The molecule has 1 atom stereocenters. The smallest absolute Gasteiger partial charge is 0.250 e. The molecule has 2 rings (SSSR count). The van der Waals surface area contributed by atoms with Gasteiger partial charge in [-0.15, -0.1) is 22.7 Å². The number of sulfonamides is 1. The maximum atomic E-state index is 12.4. The molecule has 2 N–H and O–H groups in total. The van der Waals surface area contributed by atoms with Crippen LogP contribution in [0.25, 0.3) is 0 Å². The first-order chi connectivity index (χ1) is 11.0. The Morgan fingerprint density at radius 1 is 1.26 bits per heavy atom. The third-order valence-electron chi connectivity index (χ3n) is 3.00. The molecular weight excluding hydrogens is 372 g/mol. The van der Waals surface area contributed by atoms with E-state index in [9.17, 15) is 13.2 Å². The zero-order valence-electron chi connectivity index (χ0n) is 12.5. The largest absolute Gasteiger partial charge is 0.350 e. The van der Waals surface area contributed by atoms with Crippen molar-refractivity contribution in [3.63, 3.8) is 0 Å². The van der Waals surface area contributed by atoms with Crippen LogP contribution in [0.2, 0.25) is 0 Å². The molecule has 2 aromatic heterocycles. The molecule has 126 valence electrons. The Labute approximate surface area is 148 Å². The molecule has 0 spiro atoms. The van der Waals surface area contributed by atoms with E-state index in [2.05, 4.69) is 10.0 Å². The molecule has 2 aromatic rings. The van der Waals surface area contributed by atoms with Crippen LogP contribution in [0.4, 0.5) is 0 Å². The molecule has 0 aliphatic carbocycles. The molecular formula is C14H18N2O3S4. The number of amides is 1. The van der Waals surface area contributed by atoms with Gasteiger partial charge in [-0.2, -0.15) is 16.5 Å². The topological polar surface area (TPSA) is 75.3 Å². The highest BCUT2D eigenvalue weighted by Crippen LogP contribution is 2.17. The Hall–Kier alpha value is -0.870. The van der Waals surface area contributed by atoms with Crippen molar-refractivity contribution in [2.75, 3.05) is 12.0 Å². The minimum atomic E-state index is -3.66. The monoisotopic (exact) mass is 390 g/mol. The van der Waals surface area contributed by atoms with Crippen molar-refractivity contribution in [3.8, 4) is 0 Å². The highest BCUT2D eigenvalue weighted by molar-refractivity contribution is 7.98. The second kappa shape index (κ2) is 8.84. The highest BCUT2D eigenvalue weighted by Gasteiger charge is 2.25. The molecule has 9 heteroatoms. The fourth-order valence-corrected chi connectivity index (χ4v) is 5.21. The van der Waals surface area contributed by atoms with Gasteiger partial charge in [-0.05, 0) is 41.3 Å². The number of carbonyl (C=O) groups excluding carboxylic acids is 1. The van der Waals surface area contributed by atoms with E-state index in [-0.39, 0.29) is 10.1 Å². The van der Waals surface area contributed by atoms with Crippen LogP contribution in [-0.4, -0.2) is 32.4 Å². The lowest BCUT2D eigenvalue weighted by Gasteiger charge is -2.17. The van der Waals surface area contributed by atoms with E-state index < -0.39 is 16.1 Å². The summed E-state index contributed by atoms with van der Waals surface area (Å²) in [5.74, 6) is 0.400. The Kier molecular flexibility index (Phi) is 7.09. The van der Waals surface area contributed by atoms with Crippen LogP contribution in [0, 0.1) is 0 Å². The average Bonchev–Trinajstić information content (AvgIpc) is 3.22. The summed E-state index contributed by atoms with van der Waals surface area (Å²) in [6.07, 6.45) is 2.37. The molecule has 0 aliphatic heterocycles. The van der Waals surface area contributed by atoms with E-state index in [1.54, 1.807) is 34.5 Å². The van der Waals surface area contributed by atoms with Gasteiger partial charge >= 0.3 is 0 Å². The highest BCUT2D eigenvalue weighted by atomic mass is 32.2. The first-order valence-electron chi connectivity index (χ1n) is 6.88. The maximum Gasteiger partial charge on any atom is 0.250 e. The number of carbonyl (C=O) groups is 1. The Morgan fingerprint density at radius 2 is 2.00 bits per heavy atom. The van der Waals surface area contributed by atoms with Crippen molar-refractivity contribution in [1.29, 1.82) is 0 Å². The zero-order chi connectivity index (χ0) is 16.7. The van der Waals surface area contributed by atoms with Crippen LogP contribution >= 0.6 is 34.4 Å². The lowest BCUT2D eigenvalue weighted by Crippen LogP contribution is -2.46. The van der Waals surface area contributed by atoms with Crippen molar-refractivity contribution in [2.45, 2.75) is 23.2 Å². The molecule has 0 saturated carbocycles. The van der Waals surface area contributed by atoms with E-state index in [4.69, 9.17) is 0 Å². The predicted molar refractivity (Wildman–Crippen MR) is 97.6 cm³/mol. The van der Waals surface area contributed by atoms with Gasteiger partial charge in [0.2, 0.25) is 5.91 Å². The Balaban J connectivity index is 2.02. The quantitative estimate of drug-likeness (QED) is 0.690. The van der Waals surface area contributed by atoms with Gasteiger partial charge < -0.3 is 5.32 Å². The van der Waals surface area contributed by atoms with Crippen LogP contribution in [0.5, 0.6) is 0 Å². The Bertz CT molecular complexity index is 696. The molecule has 2 heterocycles. The summed E-state index contributed by atoms with van der Waals surface area (Å²) in [7, 11) is -3.66. The number of rotatable bonds is 9. The average molecular weight is 391 g/mol. The lowest BCUT2D eigenvalue weighted by atomic mass is 10.2. The minimum absolute atomic E-state index is 0.220. The standard InChI is InChI=1S/C14H18N2O3S4/c1-20-9-6-12(14(17)15-10-11-4-2-7-21-11)16-23(18,19)13-5-3-8-22-13/h2-5,7-8,12,16H,6,9-10H2,1H3,(H,15,17)/t12-/m1/s1. The van der Waals surface area contributed by atoms with Gasteiger partial charge in [0.05, 0.1) is 6.54 Å². The minimum Gasteiger partial charge on any atom is -0.350 e. The molecule has 0 aliphatic rings. The molecule has 0 fully saturated rings. The summed E-state index contributed by atoms with van der Waals surface area (Å²) in [5, 5.41) is 6.43. The van der Waals surface area contributed by atoms with E-state index in [1.807, 2.05) is 23.8 Å². The molecule has 0 radical (unpaired) electrons. The first-order valence-corrected chi connectivity index (χ1v) is 11.5. The molecule has 0 unspecified atom stereocenters. The third-order valence-corrected chi connectivity index (χ3v) is 7.39. The molecule has 0 aromatic carbocycles. The van der Waals surface area contributed by atoms with Crippen LogP contribution in [0.1, 0.15) is 11.3 Å². The summed E-state index contributed by atoms with van der Waals surface area (Å²) in [4.78, 5) is 13.4. The van der Waals surface area contributed by atoms with Crippen molar-refractivity contribution < 1.29 is 13.2 Å². The molecule has 5 nitrogen and oxygen atoms in total. The summed E-state index contributed by atoms with van der Waals surface area (Å²) in [5.41, 5.74) is 0. The fourth-order valence-electron chi connectivity index (χ4n) is 1.85. The van der Waals surface area contributed by atoms with Gasteiger partial charge in [-0.3, -0.25) is 4.79 Å². The SMILES string of the molecule is CSCC[C@@H](NS(=O)(=O)c1cccs1)C(=O)NCc1cccs1. The second-order valence-corrected chi connectivity index (χ2v) is 9.59. The van der Waals surface area contributed by atoms with Crippen molar-refractivity contribution >= 4 is 50.4 Å². The van der Waals surface area contributed by atoms with Gasteiger partial charge in [0.15, 0.2) is 0 Å². The molecule has 1 amide bonds. The van der Waals surface area contributed by atoms with E-state index in [1.165, 1.54) is 6.07 Å². The molecule has 23 heavy (non-hydrogen) atoms. The van der Waals surface area contributed by atoms with Crippen LogP contribution in [0.3, 0.4) is 0 Å². The van der Waals surface area contributed by atoms with E-state index >= 15 is 0 Å². The van der Waals surface area contributed by atoms with Gasteiger partial charge in [0, 0.05) is 4.88 Å². The summed E-state index contributed by atoms with van der Waals surface area (Å²) in [6.45, 7) is 0.410. The van der Waals surface area contributed by atoms with Crippen molar-refractivity contribution in [1.82, 2.24) is 10.0 Å². The maximum absolute atomic E-state index is 12.4. The van der Waals surface area contributed by atoms with Gasteiger partial charge in [-0.1, -0.05) is 12.1 Å². The molecule has 0 bridgehead atoms. The van der Waals surface area contributed by atoms with Crippen LogP contribution < -0.4 is 10.0 Å². The first kappa shape index (κ1) is 18.5. The van der Waals surface area contributed by atoms with Crippen molar-refractivity contribution in [3.05, 3.63) is 39.9 Å². The van der Waals surface area contributed by atoms with Crippen LogP contribution in [0.15, 0.2) is 39.2 Å². The van der Waals surface area contributed by atoms with Gasteiger partial charge in [-0.25, -0.2) is 8.42 Å². The van der Waals surface area contributed by atoms with E-state index in [0.29, 0.717) is 18.7 Å². The summed E-state index contributed by atoms with van der Waals surface area (Å²) in [6, 6.07) is 6.28. The number of thiophene rings is 2. The van der Waals surface area contributed by atoms with E-state index in [0.717, 1.165) is 16.2 Å². The summed E-state index contributed by atoms with van der Waals surface area (Å²) >= 11 is 4.26. The fraction of sp³-hybridized carbons (Fsp3) is 0.357. The number of hydrogen-bond donors (Lipinski definition) is 2. The zero-order valence-corrected chi connectivity index (χ0v) is 15.8. The van der Waals surface area contributed by atoms with Crippen LogP contribution in [-0.2, 0) is 21.4 Å². The lowest BCUT2D eigenvalue weighted by molar-refractivity contribution is -0.122. The number of nitrogens with one attached hydrogen (secondary N) is 2. The third kappa shape index (κ3) is 5.61. The number of hydrogen-bond acceptors (Lipinski definition) is 6. The Morgan fingerprint density at radius 3 is 2.61 bits per heavy atom. The second-order valence-electron chi connectivity index (χ2n) is 4.68. The van der Waals surface area contributed by atoms with Crippen molar-refractivity contribution in [2.24, 2.45) is 0 Å². The predicted octanol–water partition coefficient (Wildman–Crippen LogP) is 2.53.